The number of fused-ring (bicyclic) bond motifs is 2. The highest BCUT2D eigenvalue weighted by Crippen LogP contribution is 2.23. The number of aryl methyl sites for hydroxylation is 1. The molecule has 1 atom stereocenters. The van der Waals surface area contributed by atoms with Gasteiger partial charge in [-0.1, -0.05) is 18.2 Å². The predicted molar refractivity (Wildman–Crippen MR) is 124 cm³/mol. The molecule has 166 valence electrons. The first-order chi connectivity index (χ1) is 15.6. The Balaban J connectivity index is 1.30. The van der Waals surface area contributed by atoms with Crippen molar-refractivity contribution in [1.29, 1.82) is 0 Å². The van der Waals surface area contributed by atoms with Crippen LogP contribution in [0.3, 0.4) is 0 Å². The second kappa shape index (κ2) is 10.1. The van der Waals surface area contributed by atoms with Crippen LogP contribution in [0.25, 0.3) is 10.9 Å². The van der Waals surface area contributed by atoms with E-state index < -0.39 is 12.0 Å². The second-order valence-corrected chi connectivity index (χ2v) is 7.94. The van der Waals surface area contributed by atoms with Crippen LogP contribution in [0, 0.1) is 0 Å². The number of carboxylic acid groups (broad SMARTS) is 1. The number of aliphatic carboxylic acids is 1. The third kappa shape index (κ3) is 5.51. The van der Waals surface area contributed by atoms with Gasteiger partial charge < -0.3 is 21.1 Å². The van der Waals surface area contributed by atoms with E-state index in [9.17, 15) is 14.7 Å². The molecule has 0 fully saturated rings. The van der Waals surface area contributed by atoms with Crippen molar-refractivity contribution in [3.63, 3.8) is 0 Å². The van der Waals surface area contributed by atoms with Crippen LogP contribution in [0.5, 0.6) is 0 Å². The molecule has 3 heterocycles. The summed E-state index contributed by atoms with van der Waals surface area (Å²) in [5, 5.41) is 19.7. The fourth-order valence-corrected chi connectivity index (χ4v) is 3.86. The maximum absolute atomic E-state index is 12.5. The Hall–Kier alpha value is -3.68. The van der Waals surface area contributed by atoms with Crippen LogP contribution < -0.4 is 16.0 Å². The number of aromatic nitrogens is 2. The fraction of sp³-hybridized carbons (Fsp3) is 0.333. The van der Waals surface area contributed by atoms with E-state index in [1.54, 1.807) is 6.20 Å². The summed E-state index contributed by atoms with van der Waals surface area (Å²) in [6.07, 6.45) is 4.10. The lowest BCUT2D eigenvalue weighted by atomic mass is 10.0. The number of nitrogens with zero attached hydrogens (tertiary/aromatic N) is 2. The van der Waals surface area contributed by atoms with Crippen molar-refractivity contribution in [2.45, 2.75) is 38.1 Å². The maximum Gasteiger partial charge on any atom is 0.305 e. The molecule has 0 unspecified atom stereocenters. The van der Waals surface area contributed by atoms with Crippen molar-refractivity contribution in [2.75, 3.05) is 23.7 Å². The Morgan fingerprint density at radius 2 is 1.94 bits per heavy atom. The number of nitrogens with one attached hydrogen (secondary N) is 3. The standard InChI is InChI=1S/C24H27N5O3/c30-22(8-4-2-6-18-9-10-20-24(28-18)26-12-11-25-20)29-21(14-23(31)32)17-13-16-5-1-3-7-19(16)27-15-17/h1,3,5,7,9-10,13,15,21,25H,2,4,6,8,11-12,14H2,(H,26,28)(H,29,30)(H,31,32)/t21-/m1/s1. The Kier molecular flexibility index (Phi) is 6.79. The van der Waals surface area contributed by atoms with Gasteiger partial charge >= 0.3 is 5.97 Å². The summed E-state index contributed by atoms with van der Waals surface area (Å²) in [5.41, 5.74) is 3.54. The molecule has 4 rings (SSSR count). The third-order valence-electron chi connectivity index (χ3n) is 5.50. The smallest absolute Gasteiger partial charge is 0.305 e. The lowest BCUT2D eigenvalue weighted by molar-refractivity contribution is -0.137. The molecule has 0 saturated carbocycles. The van der Waals surface area contributed by atoms with Gasteiger partial charge in [-0.05, 0) is 49.1 Å². The number of benzene rings is 1. The van der Waals surface area contributed by atoms with Gasteiger partial charge in [0.05, 0.1) is 23.7 Å². The van der Waals surface area contributed by atoms with Crippen LogP contribution >= 0.6 is 0 Å². The lowest BCUT2D eigenvalue weighted by Gasteiger charge is -2.19. The third-order valence-corrected chi connectivity index (χ3v) is 5.50. The van der Waals surface area contributed by atoms with Crippen molar-refractivity contribution < 1.29 is 14.7 Å². The number of carbonyl (C=O) groups is 2. The van der Waals surface area contributed by atoms with Gasteiger partial charge in [-0.3, -0.25) is 14.6 Å². The van der Waals surface area contributed by atoms with Crippen LogP contribution in [0.15, 0.2) is 48.7 Å². The molecule has 1 aliphatic rings. The average Bonchev–Trinajstić information content (AvgIpc) is 2.80. The number of pyridine rings is 2. The SMILES string of the molecule is O=C(O)C[C@@H](NC(=O)CCCCc1ccc2c(n1)NCCN2)c1cnc2ccccc2c1. The Morgan fingerprint density at radius 3 is 2.81 bits per heavy atom. The van der Waals surface area contributed by atoms with Crippen LogP contribution in [-0.2, 0) is 16.0 Å². The molecule has 4 N–H and O–H groups in total. The van der Waals surface area contributed by atoms with Crippen LogP contribution in [0.4, 0.5) is 11.5 Å². The molecule has 0 spiro atoms. The first-order valence-electron chi connectivity index (χ1n) is 10.9. The number of carbonyl (C=O) groups excluding carboxylic acids is 1. The first kappa shape index (κ1) is 21.5. The van der Waals surface area contributed by atoms with Crippen LogP contribution in [-0.4, -0.2) is 40.0 Å². The Bertz CT molecular complexity index is 1120. The van der Waals surface area contributed by atoms with Crippen LogP contribution in [0.1, 0.15) is 43.0 Å². The van der Waals surface area contributed by atoms with E-state index in [0.717, 1.165) is 54.0 Å². The zero-order valence-corrected chi connectivity index (χ0v) is 17.8. The summed E-state index contributed by atoms with van der Waals surface area (Å²) in [7, 11) is 0. The minimum absolute atomic E-state index is 0.159. The minimum Gasteiger partial charge on any atom is -0.481 e. The van der Waals surface area contributed by atoms with Gasteiger partial charge in [0.15, 0.2) is 0 Å². The average molecular weight is 434 g/mol. The van der Waals surface area contributed by atoms with E-state index in [1.807, 2.05) is 42.5 Å². The van der Waals surface area contributed by atoms with Crippen molar-refractivity contribution in [3.8, 4) is 0 Å². The number of para-hydroxylation sites is 1. The molecule has 0 aliphatic carbocycles. The lowest BCUT2D eigenvalue weighted by Crippen LogP contribution is -2.30. The molecule has 1 amide bonds. The predicted octanol–water partition coefficient (Wildman–Crippen LogP) is 3.51. The zero-order chi connectivity index (χ0) is 22.3. The number of anilines is 2. The molecule has 0 saturated heterocycles. The molecule has 8 heteroatoms. The largest absolute Gasteiger partial charge is 0.481 e. The molecule has 2 aromatic heterocycles. The molecular weight excluding hydrogens is 406 g/mol. The fourth-order valence-electron chi connectivity index (χ4n) is 3.86. The Labute approximate surface area is 186 Å². The van der Waals surface area contributed by atoms with Crippen molar-refractivity contribution in [3.05, 3.63) is 59.9 Å². The van der Waals surface area contributed by atoms with Gasteiger partial charge in [0.1, 0.15) is 5.82 Å². The summed E-state index contributed by atoms with van der Waals surface area (Å²) < 4.78 is 0. The van der Waals surface area contributed by atoms with Crippen molar-refractivity contribution >= 4 is 34.3 Å². The highest BCUT2D eigenvalue weighted by molar-refractivity contribution is 5.80. The van der Waals surface area contributed by atoms with E-state index in [-0.39, 0.29) is 12.3 Å². The second-order valence-electron chi connectivity index (χ2n) is 7.94. The molecule has 1 aromatic carbocycles. The summed E-state index contributed by atoms with van der Waals surface area (Å²) in [6.45, 7) is 1.75. The number of amides is 1. The summed E-state index contributed by atoms with van der Waals surface area (Å²) in [6, 6.07) is 12.9. The molecule has 0 bridgehead atoms. The van der Waals surface area contributed by atoms with Crippen molar-refractivity contribution in [1.82, 2.24) is 15.3 Å². The zero-order valence-electron chi connectivity index (χ0n) is 17.8. The molecule has 1 aliphatic heterocycles. The van der Waals surface area contributed by atoms with E-state index in [4.69, 9.17) is 0 Å². The van der Waals surface area contributed by atoms with E-state index >= 15 is 0 Å². The van der Waals surface area contributed by atoms with E-state index in [1.165, 1.54) is 0 Å². The minimum atomic E-state index is -0.968. The number of rotatable bonds is 9. The van der Waals surface area contributed by atoms with Gasteiger partial charge in [-0.25, -0.2) is 4.98 Å². The van der Waals surface area contributed by atoms with E-state index in [0.29, 0.717) is 18.4 Å². The molecule has 8 nitrogen and oxygen atoms in total. The molecule has 3 aromatic rings. The monoisotopic (exact) mass is 433 g/mol. The quantitative estimate of drug-likeness (QED) is 0.382. The van der Waals surface area contributed by atoms with Gasteiger partial charge in [0.25, 0.3) is 0 Å². The van der Waals surface area contributed by atoms with Crippen LogP contribution in [0.2, 0.25) is 0 Å². The van der Waals surface area contributed by atoms with E-state index in [2.05, 4.69) is 25.9 Å². The molecule has 0 radical (unpaired) electrons. The molecule has 32 heavy (non-hydrogen) atoms. The Morgan fingerprint density at radius 1 is 1.09 bits per heavy atom. The highest BCUT2D eigenvalue weighted by Gasteiger charge is 2.19. The number of hydrogen-bond donors (Lipinski definition) is 4. The summed E-state index contributed by atoms with van der Waals surface area (Å²) in [4.78, 5) is 32.9. The van der Waals surface area contributed by atoms with Gasteiger partial charge in [-0.2, -0.15) is 0 Å². The van der Waals surface area contributed by atoms with Crippen molar-refractivity contribution in [2.24, 2.45) is 0 Å². The maximum atomic E-state index is 12.5. The summed E-state index contributed by atoms with van der Waals surface area (Å²) >= 11 is 0. The topological polar surface area (TPSA) is 116 Å². The normalized spacial score (nSPS) is 13.5. The number of hydrogen-bond acceptors (Lipinski definition) is 6. The first-order valence-corrected chi connectivity index (χ1v) is 10.9. The summed E-state index contributed by atoms with van der Waals surface area (Å²) in [5.74, 6) is -0.245. The number of carboxylic acids is 1. The van der Waals surface area contributed by atoms with Gasteiger partial charge in [0, 0.05) is 36.8 Å². The molecular formula is C24H27N5O3. The van der Waals surface area contributed by atoms with Gasteiger partial charge in [0.2, 0.25) is 5.91 Å². The highest BCUT2D eigenvalue weighted by atomic mass is 16.4. The number of unbranched alkanes of at least 4 members (excludes halogenated alkanes) is 1. The van der Waals surface area contributed by atoms with Gasteiger partial charge in [-0.15, -0.1) is 0 Å².